The van der Waals surface area contributed by atoms with Crippen LogP contribution >= 0.6 is 0 Å². The molecule has 3 aliphatic carbocycles. The SMILES string of the molecule is C(=C\c1ccc(-c2cccc3c2-c2ccccc2C3(c2ccccc2)c2ccccc2)cc1)/c1ccc(/C=C/c2ccc3c(c2)C2(CCCC2)c2cc(N(c4ccccc4)c4ccccc4)ccc2-3)cc1. The van der Waals surface area contributed by atoms with E-state index in [0.29, 0.717) is 0 Å². The van der Waals surface area contributed by atoms with Crippen LogP contribution in [0.4, 0.5) is 17.1 Å². The third kappa shape index (κ3) is 7.23. The predicted octanol–water partition coefficient (Wildman–Crippen LogP) is 18.4. The van der Waals surface area contributed by atoms with Crippen LogP contribution in [0.5, 0.6) is 0 Å². The maximum atomic E-state index is 2.50. The molecule has 13 rings (SSSR count). The lowest BCUT2D eigenvalue weighted by molar-refractivity contribution is 0.550. The van der Waals surface area contributed by atoms with Gasteiger partial charge in [0, 0.05) is 22.5 Å². The maximum Gasteiger partial charge on any atom is 0.0713 e. The van der Waals surface area contributed by atoms with Crippen molar-refractivity contribution in [3.8, 4) is 33.4 Å². The first kappa shape index (κ1) is 42.6. The fraction of sp³-hybridized carbons (Fsp3) is 0.0857. The van der Waals surface area contributed by atoms with Gasteiger partial charge in [-0.25, -0.2) is 0 Å². The molecule has 0 bridgehead atoms. The van der Waals surface area contributed by atoms with Crippen LogP contribution in [-0.2, 0) is 10.8 Å². The minimum atomic E-state index is -0.410. The second-order valence-electron chi connectivity index (χ2n) is 19.5. The molecule has 1 spiro atoms. The standard InChI is InChI=1S/C70H53N/c1-5-18-55(19-6-1)70(56-20-7-2-8-21-56)64-28-14-13-26-63(64)68-60(27-17-29-65(68)70)54-41-38-52(39-42-54)35-34-50-30-32-51(33-31-50)36-37-53-40-44-61-62-45-43-59(49-67(62)69(66(61)48-53)46-15-16-47-69)71(57-22-9-3-10-23-57)58-24-11-4-12-25-58/h1-14,17-45,48-49H,15-16,46-47H2/b35-34+,37-36+. The van der Waals surface area contributed by atoms with Gasteiger partial charge in [-0.1, -0.05) is 249 Å². The van der Waals surface area contributed by atoms with Gasteiger partial charge >= 0.3 is 0 Å². The summed E-state index contributed by atoms with van der Waals surface area (Å²) in [4.78, 5) is 2.40. The summed E-state index contributed by atoms with van der Waals surface area (Å²) >= 11 is 0. The summed E-state index contributed by atoms with van der Waals surface area (Å²) in [5, 5.41) is 0. The highest BCUT2D eigenvalue weighted by Gasteiger charge is 2.47. The minimum absolute atomic E-state index is 0.0454. The van der Waals surface area contributed by atoms with Crippen LogP contribution in [-0.4, -0.2) is 0 Å². The molecular formula is C70H53N. The number of para-hydroxylation sites is 2. The average molecular weight is 908 g/mol. The molecular weight excluding hydrogens is 855 g/mol. The molecule has 0 atom stereocenters. The van der Waals surface area contributed by atoms with Crippen molar-refractivity contribution in [2.24, 2.45) is 0 Å². The van der Waals surface area contributed by atoms with Crippen LogP contribution in [0.25, 0.3) is 57.7 Å². The lowest BCUT2D eigenvalue weighted by Gasteiger charge is -2.34. The van der Waals surface area contributed by atoms with Crippen molar-refractivity contribution in [2.45, 2.75) is 36.5 Å². The molecule has 0 radical (unpaired) electrons. The van der Waals surface area contributed by atoms with Gasteiger partial charge in [-0.15, -0.1) is 0 Å². The summed E-state index contributed by atoms with van der Waals surface area (Å²) in [7, 11) is 0. The van der Waals surface area contributed by atoms with Gasteiger partial charge in [-0.2, -0.15) is 0 Å². The molecule has 10 aromatic carbocycles. The van der Waals surface area contributed by atoms with Crippen molar-refractivity contribution in [2.75, 3.05) is 4.90 Å². The molecule has 0 N–H and O–H groups in total. The number of fused-ring (bicyclic) bond motifs is 8. The normalized spacial score (nSPS) is 14.6. The molecule has 1 fully saturated rings. The van der Waals surface area contributed by atoms with Crippen LogP contribution in [0.1, 0.15) is 81.3 Å². The van der Waals surface area contributed by atoms with Gasteiger partial charge in [-0.3, -0.25) is 0 Å². The lowest BCUT2D eigenvalue weighted by atomic mass is 9.67. The highest BCUT2D eigenvalue weighted by atomic mass is 15.1. The minimum Gasteiger partial charge on any atom is -0.310 e. The Morgan fingerprint density at radius 3 is 1.35 bits per heavy atom. The molecule has 1 saturated carbocycles. The summed E-state index contributed by atoms with van der Waals surface area (Å²) in [6.07, 6.45) is 13.9. The zero-order valence-corrected chi connectivity index (χ0v) is 39.8. The summed E-state index contributed by atoms with van der Waals surface area (Å²) in [5.41, 5.74) is 24.1. The van der Waals surface area contributed by atoms with Gasteiger partial charge in [0.2, 0.25) is 0 Å². The van der Waals surface area contributed by atoms with Crippen LogP contribution in [0.3, 0.4) is 0 Å². The highest BCUT2D eigenvalue weighted by molar-refractivity contribution is 5.96. The van der Waals surface area contributed by atoms with E-state index in [1.54, 1.807) is 0 Å². The molecule has 1 heteroatoms. The first-order valence-electron chi connectivity index (χ1n) is 25.3. The van der Waals surface area contributed by atoms with E-state index >= 15 is 0 Å². The predicted molar refractivity (Wildman–Crippen MR) is 299 cm³/mol. The quantitative estimate of drug-likeness (QED) is 0.124. The molecule has 0 amide bonds. The first-order chi connectivity index (χ1) is 35.2. The van der Waals surface area contributed by atoms with Gasteiger partial charge in [0.05, 0.1) is 5.41 Å². The van der Waals surface area contributed by atoms with Gasteiger partial charge < -0.3 is 4.90 Å². The molecule has 0 heterocycles. The van der Waals surface area contributed by atoms with Crippen molar-refractivity contribution < 1.29 is 0 Å². The van der Waals surface area contributed by atoms with Crippen molar-refractivity contribution in [3.05, 3.63) is 304 Å². The smallest absolute Gasteiger partial charge is 0.0713 e. The molecule has 338 valence electrons. The van der Waals surface area contributed by atoms with Crippen molar-refractivity contribution in [1.29, 1.82) is 0 Å². The molecule has 71 heavy (non-hydrogen) atoms. The Kier molecular flexibility index (Phi) is 10.7. The monoisotopic (exact) mass is 907 g/mol. The Hall–Kier alpha value is -8.52. The van der Waals surface area contributed by atoms with E-state index in [1.807, 2.05) is 0 Å². The number of nitrogens with zero attached hydrogens (tertiary/aromatic N) is 1. The van der Waals surface area contributed by atoms with Gasteiger partial charge in [0.25, 0.3) is 0 Å². The van der Waals surface area contributed by atoms with E-state index in [1.165, 1.54) is 132 Å². The summed E-state index contributed by atoms with van der Waals surface area (Å²) in [5.74, 6) is 0. The molecule has 0 unspecified atom stereocenters. The summed E-state index contributed by atoms with van der Waals surface area (Å²) in [6, 6.07) is 91.8. The van der Waals surface area contributed by atoms with E-state index in [9.17, 15) is 0 Å². The molecule has 0 aliphatic heterocycles. The highest BCUT2D eigenvalue weighted by Crippen LogP contribution is 2.60. The van der Waals surface area contributed by atoms with Gasteiger partial charge in [-0.05, 0) is 138 Å². The first-order valence-corrected chi connectivity index (χ1v) is 25.3. The molecule has 10 aromatic rings. The fourth-order valence-corrected chi connectivity index (χ4v) is 12.5. The Balaban J connectivity index is 0.741. The molecule has 1 nitrogen and oxygen atoms in total. The van der Waals surface area contributed by atoms with E-state index < -0.39 is 5.41 Å². The largest absolute Gasteiger partial charge is 0.310 e. The second-order valence-corrected chi connectivity index (χ2v) is 19.5. The zero-order valence-electron chi connectivity index (χ0n) is 39.8. The Bertz CT molecular complexity index is 3520. The number of hydrogen-bond donors (Lipinski definition) is 0. The topological polar surface area (TPSA) is 3.24 Å². The van der Waals surface area contributed by atoms with Crippen molar-refractivity contribution >= 4 is 41.4 Å². The Morgan fingerprint density at radius 1 is 0.310 bits per heavy atom. The van der Waals surface area contributed by atoms with Crippen LogP contribution < -0.4 is 4.90 Å². The van der Waals surface area contributed by atoms with Crippen LogP contribution in [0.2, 0.25) is 0 Å². The lowest BCUT2D eigenvalue weighted by Crippen LogP contribution is -2.28. The van der Waals surface area contributed by atoms with E-state index in [2.05, 4.69) is 278 Å². The number of rotatable bonds is 10. The van der Waals surface area contributed by atoms with Gasteiger partial charge in [0.15, 0.2) is 0 Å². The molecule has 0 saturated heterocycles. The number of benzene rings is 10. The summed E-state index contributed by atoms with van der Waals surface area (Å²) in [6.45, 7) is 0. The molecule has 3 aliphatic rings. The molecule has 0 aromatic heterocycles. The Morgan fingerprint density at radius 2 is 0.761 bits per heavy atom. The number of hydrogen-bond acceptors (Lipinski definition) is 1. The fourth-order valence-electron chi connectivity index (χ4n) is 12.5. The number of anilines is 3. The average Bonchev–Trinajstić information content (AvgIpc) is 4.15. The third-order valence-corrected chi connectivity index (χ3v) is 15.7. The van der Waals surface area contributed by atoms with Gasteiger partial charge in [0.1, 0.15) is 0 Å². The van der Waals surface area contributed by atoms with E-state index in [0.717, 1.165) is 0 Å². The zero-order chi connectivity index (χ0) is 47.2. The van der Waals surface area contributed by atoms with Crippen molar-refractivity contribution in [1.82, 2.24) is 0 Å². The second kappa shape index (κ2) is 17.8. The third-order valence-electron chi connectivity index (χ3n) is 15.7. The maximum absolute atomic E-state index is 2.50. The Labute approximate surface area is 418 Å². The van der Waals surface area contributed by atoms with E-state index in [4.69, 9.17) is 0 Å². The summed E-state index contributed by atoms with van der Waals surface area (Å²) < 4.78 is 0. The van der Waals surface area contributed by atoms with Crippen LogP contribution in [0.15, 0.2) is 249 Å². The van der Waals surface area contributed by atoms with Crippen molar-refractivity contribution in [3.63, 3.8) is 0 Å². The van der Waals surface area contributed by atoms with Crippen LogP contribution in [0, 0.1) is 0 Å². The van der Waals surface area contributed by atoms with E-state index in [-0.39, 0.29) is 5.41 Å².